The minimum absolute atomic E-state index is 0.0964. The summed E-state index contributed by atoms with van der Waals surface area (Å²) in [6, 6.07) is 5.86. The highest BCUT2D eigenvalue weighted by Crippen LogP contribution is 2.44. The highest BCUT2D eigenvalue weighted by molar-refractivity contribution is 5.72. The Morgan fingerprint density at radius 3 is 2.59 bits per heavy atom. The van der Waals surface area contributed by atoms with E-state index in [0.717, 1.165) is 0 Å². The molecule has 0 spiro atoms. The number of methoxy groups -OCH3 is 1. The summed E-state index contributed by atoms with van der Waals surface area (Å²) in [5.74, 6) is -0.587. The van der Waals surface area contributed by atoms with Gasteiger partial charge in [0.15, 0.2) is 17.2 Å². The van der Waals surface area contributed by atoms with Crippen molar-refractivity contribution >= 4 is 5.97 Å². The lowest BCUT2D eigenvalue weighted by Crippen LogP contribution is -2.39. The van der Waals surface area contributed by atoms with Gasteiger partial charge in [-0.3, -0.25) is 9.78 Å². The number of piperidine rings is 1. The first-order valence-corrected chi connectivity index (χ1v) is 14.4. The topological polar surface area (TPSA) is 87.9 Å². The van der Waals surface area contributed by atoms with Crippen LogP contribution in [0.4, 0.5) is 22.0 Å². The number of nitrogens with zero attached hydrogens (tertiary/aromatic N) is 4. The quantitative estimate of drug-likeness (QED) is 0.233. The average Bonchev–Trinajstić information content (AvgIpc) is 3.54. The Morgan fingerprint density at radius 2 is 1.86 bits per heavy atom. The van der Waals surface area contributed by atoms with Crippen LogP contribution in [-0.4, -0.2) is 58.7 Å². The first-order chi connectivity index (χ1) is 20.9. The van der Waals surface area contributed by atoms with E-state index >= 15 is 0 Å². The van der Waals surface area contributed by atoms with Crippen LogP contribution < -0.4 is 14.2 Å². The molecule has 0 unspecified atom stereocenters. The van der Waals surface area contributed by atoms with Crippen molar-refractivity contribution in [2.75, 3.05) is 26.7 Å². The molecule has 236 valence electrons. The lowest BCUT2D eigenvalue weighted by molar-refractivity contribution is -0.286. The van der Waals surface area contributed by atoms with E-state index in [1.807, 2.05) is 0 Å². The third-order valence-corrected chi connectivity index (χ3v) is 8.41. The fraction of sp³-hybridized carbons (Fsp3) is 0.500. The van der Waals surface area contributed by atoms with Gasteiger partial charge in [-0.15, -0.1) is 8.78 Å². The number of carbonyl (C=O) groups excluding carboxylic acids is 1. The molecule has 9 nitrogen and oxygen atoms in total. The molecule has 1 fully saturated rings. The van der Waals surface area contributed by atoms with Gasteiger partial charge in [-0.05, 0) is 69.8 Å². The van der Waals surface area contributed by atoms with Crippen LogP contribution in [0, 0.1) is 5.92 Å². The van der Waals surface area contributed by atoms with Gasteiger partial charge in [0.25, 0.3) is 0 Å². The first-order valence-electron chi connectivity index (χ1n) is 14.4. The standard InChI is InChI=1S/C30H31F5N4O5/c1-17(19-6-7-24-25(12-19)44-30(34,35)43-24)42-22-13-21(14-36-15-22)39-26-20(4-3-5-23(26)27(37-39)29(31,32)33)16-38-10-8-18(9-11-38)28(40)41-2/h6-7,12-15,17-18,20H,3-5,8-11,16H2,1-2H3/t17-,20+/m0/s1. The van der Waals surface area contributed by atoms with Crippen LogP contribution in [0.1, 0.15) is 67.1 Å². The highest BCUT2D eigenvalue weighted by atomic mass is 19.4. The molecule has 3 aromatic rings. The van der Waals surface area contributed by atoms with Crippen molar-refractivity contribution in [1.29, 1.82) is 0 Å². The molecule has 6 rings (SSSR count). The maximum Gasteiger partial charge on any atom is 0.586 e. The van der Waals surface area contributed by atoms with Crippen molar-refractivity contribution in [3.63, 3.8) is 0 Å². The van der Waals surface area contributed by atoms with Crippen molar-refractivity contribution in [3.05, 3.63) is 59.2 Å². The van der Waals surface area contributed by atoms with E-state index in [0.29, 0.717) is 62.3 Å². The number of fused-ring (bicyclic) bond motifs is 2. The fourth-order valence-corrected chi connectivity index (χ4v) is 6.30. The molecule has 2 aliphatic heterocycles. The smallest absolute Gasteiger partial charge is 0.484 e. The average molecular weight is 623 g/mol. The van der Waals surface area contributed by atoms with Gasteiger partial charge < -0.3 is 23.8 Å². The van der Waals surface area contributed by atoms with Gasteiger partial charge in [0.1, 0.15) is 11.9 Å². The van der Waals surface area contributed by atoms with Gasteiger partial charge in [-0.1, -0.05) is 6.07 Å². The molecule has 0 radical (unpaired) electrons. The predicted octanol–water partition coefficient (Wildman–Crippen LogP) is 6.05. The van der Waals surface area contributed by atoms with E-state index in [4.69, 9.17) is 9.47 Å². The minimum atomic E-state index is -4.64. The zero-order valence-electron chi connectivity index (χ0n) is 24.1. The van der Waals surface area contributed by atoms with Crippen molar-refractivity contribution < 1.29 is 45.7 Å². The molecule has 0 N–H and O–H groups in total. The number of aromatic nitrogens is 3. The van der Waals surface area contributed by atoms with Crippen molar-refractivity contribution in [1.82, 2.24) is 19.7 Å². The molecule has 0 bridgehead atoms. The van der Waals surface area contributed by atoms with Gasteiger partial charge in [0.2, 0.25) is 0 Å². The molecular formula is C30H31F5N4O5. The number of halogens is 5. The van der Waals surface area contributed by atoms with Gasteiger partial charge >= 0.3 is 18.4 Å². The molecule has 1 aliphatic carbocycles. The monoisotopic (exact) mass is 622 g/mol. The molecular weight excluding hydrogens is 591 g/mol. The summed E-state index contributed by atoms with van der Waals surface area (Å²) < 4.78 is 90.7. The number of ether oxygens (including phenoxy) is 4. The summed E-state index contributed by atoms with van der Waals surface area (Å²) in [5, 5.41) is 4.07. The van der Waals surface area contributed by atoms with E-state index in [2.05, 4.69) is 24.5 Å². The summed E-state index contributed by atoms with van der Waals surface area (Å²) in [7, 11) is 1.37. The largest absolute Gasteiger partial charge is 0.586 e. The van der Waals surface area contributed by atoms with Crippen LogP contribution >= 0.6 is 0 Å². The van der Waals surface area contributed by atoms with Crippen LogP contribution in [0.3, 0.4) is 0 Å². The zero-order chi connectivity index (χ0) is 31.2. The highest BCUT2D eigenvalue weighted by Gasteiger charge is 2.44. The van der Waals surface area contributed by atoms with E-state index in [-0.39, 0.29) is 47.0 Å². The Bertz CT molecular complexity index is 1540. The van der Waals surface area contributed by atoms with E-state index in [1.54, 1.807) is 19.1 Å². The molecule has 1 saturated heterocycles. The van der Waals surface area contributed by atoms with E-state index in [1.165, 1.54) is 36.3 Å². The Labute approximate surface area is 249 Å². The van der Waals surface area contributed by atoms with Crippen molar-refractivity contribution in [3.8, 4) is 22.9 Å². The number of hydrogen-bond acceptors (Lipinski definition) is 8. The third-order valence-electron chi connectivity index (χ3n) is 8.41. The second-order valence-electron chi connectivity index (χ2n) is 11.3. The summed E-state index contributed by atoms with van der Waals surface area (Å²) in [6.07, 6.45) is -3.36. The molecule has 0 amide bonds. The number of pyridine rings is 1. The second-order valence-corrected chi connectivity index (χ2v) is 11.3. The van der Waals surface area contributed by atoms with Crippen LogP contribution in [-0.2, 0) is 22.1 Å². The number of hydrogen-bond donors (Lipinski definition) is 0. The summed E-state index contributed by atoms with van der Waals surface area (Å²) >= 11 is 0. The molecule has 14 heteroatoms. The first kappa shape index (κ1) is 30.1. The predicted molar refractivity (Wildman–Crippen MR) is 145 cm³/mol. The number of benzene rings is 1. The molecule has 1 aromatic carbocycles. The fourth-order valence-electron chi connectivity index (χ4n) is 6.30. The van der Waals surface area contributed by atoms with Gasteiger partial charge in [0.05, 0.1) is 36.8 Å². The van der Waals surface area contributed by atoms with Crippen LogP contribution in [0.15, 0.2) is 36.7 Å². The molecule has 2 aromatic heterocycles. The lowest BCUT2D eigenvalue weighted by Gasteiger charge is -2.35. The van der Waals surface area contributed by atoms with Crippen molar-refractivity contribution in [2.45, 2.75) is 63.5 Å². The maximum atomic E-state index is 14.2. The number of carbonyl (C=O) groups is 1. The van der Waals surface area contributed by atoms with Gasteiger partial charge in [0, 0.05) is 24.1 Å². The third kappa shape index (κ3) is 6.04. The zero-order valence-corrected chi connectivity index (χ0v) is 24.1. The Hall–Kier alpha value is -3.94. The van der Waals surface area contributed by atoms with Crippen LogP contribution in [0.5, 0.6) is 17.2 Å². The Morgan fingerprint density at radius 1 is 1.11 bits per heavy atom. The molecule has 44 heavy (non-hydrogen) atoms. The lowest BCUT2D eigenvalue weighted by atomic mass is 9.85. The molecule has 4 heterocycles. The van der Waals surface area contributed by atoms with E-state index < -0.39 is 24.3 Å². The normalized spacial score (nSPS) is 20.7. The van der Waals surface area contributed by atoms with Gasteiger partial charge in [-0.2, -0.15) is 18.3 Å². The second kappa shape index (κ2) is 11.5. The van der Waals surface area contributed by atoms with Crippen LogP contribution in [0.25, 0.3) is 5.69 Å². The van der Waals surface area contributed by atoms with Crippen molar-refractivity contribution in [2.24, 2.45) is 5.92 Å². The van der Waals surface area contributed by atoms with Gasteiger partial charge in [-0.25, -0.2) is 4.68 Å². The molecule has 3 aliphatic rings. The SMILES string of the molecule is COC(=O)C1CCN(C[C@H]2CCCc3c(C(F)(F)F)nn(-c4cncc(O[C@@H](C)c5ccc6c(c5)OC(F)(F)O6)c4)c32)CC1. The maximum absolute atomic E-state index is 14.2. The number of alkyl halides is 5. The number of likely N-dealkylation sites (tertiary alicyclic amines) is 1. The molecule has 0 saturated carbocycles. The Kier molecular flexibility index (Phi) is 7.89. The van der Waals surface area contributed by atoms with Crippen LogP contribution in [0.2, 0.25) is 0 Å². The number of esters is 1. The molecule has 2 atom stereocenters. The minimum Gasteiger partial charge on any atom is -0.484 e. The summed E-state index contributed by atoms with van der Waals surface area (Å²) in [4.78, 5) is 18.4. The number of rotatable bonds is 7. The van der Waals surface area contributed by atoms with E-state index in [9.17, 15) is 26.7 Å². The summed E-state index contributed by atoms with van der Waals surface area (Å²) in [6.45, 7) is 3.52. The Balaban J connectivity index is 1.26. The summed E-state index contributed by atoms with van der Waals surface area (Å²) in [5.41, 5.74) is 0.612.